The maximum absolute atomic E-state index is 6.11. The summed E-state index contributed by atoms with van der Waals surface area (Å²) in [6.07, 6.45) is 8.69. The first-order valence-corrected chi connectivity index (χ1v) is 9.40. The van der Waals surface area contributed by atoms with Gasteiger partial charge in [0.15, 0.2) is 6.29 Å². The number of benzene rings is 2. The van der Waals surface area contributed by atoms with Gasteiger partial charge in [-0.3, -0.25) is 0 Å². The zero-order valence-electron chi connectivity index (χ0n) is 15.2. The average Bonchev–Trinajstić information content (AvgIpc) is 3.21. The summed E-state index contributed by atoms with van der Waals surface area (Å²) in [7, 11) is 0. The Bertz CT molecular complexity index is 821. The Hall–Kier alpha value is -2.63. The standard InChI is InChI=1S/C22H24N2O3/c1-2-7-19(8-3-1)26-20-9-4-6-18(14-20)16-25-22-11-5-10-21(27-22)15-24-13-12-23-17-24/h1-4,6-9,12-14,17,21-22H,5,10-11,15-16H2. The molecule has 0 aliphatic carbocycles. The van der Waals surface area contributed by atoms with Crippen molar-refractivity contribution in [1.29, 1.82) is 0 Å². The third-order valence-electron chi connectivity index (χ3n) is 4.60. The summed E-state index contributed by atoms with van der Waals surface area (Å²) in [6, 6.07) is 17.8. The van der Waals surface area contributed by atoms with Crippen molar-refractivity contribution in [3.05, 3.63) is 78.9 Å². The molecule has 4 rings (SSSR count). The molecule has 2 heterocycles. The van der Waals surface area contributed by atoms with Crippen LogP contribution in [0.3, 0.4) is 0 Å². The van der Waals surface area contributed by atoms with Gasteiger partial charge in [-0.1, -0.05) is 30.3 Å². The highest BCUT2D eigenvalue weighted by molar-refractivity contribution is 5.33. The van der Waals surface area contributed by atoms with Crippen LogP contribution in [0.4, 0.5) is 0 Å². The topological polar surface area (TPSA) is 45.5 Å². The second-order valence-corrected chi connectivity index (χ2v) is 6.75. The van der Waals surface area contributed by atoms with E-state index in [1.54, 1.807) is 6.20 Å². The van der Waals surface area contributed by atoms with Crippen LogP contribution in [0.25, 0.3) is 0 Å². The number of nitrogens with zero attached hydrogens (tertiary/aromatic N) is 2. The van der Waals surface area contributed by atoms with Gasteiger partial charge in [0.05, 0.1) is 19.0 Å². The van der Waals surface area contributed by atoms with Crippen LogP contribution < -0.4 is 4.74 Å². The molecular weight excluding hydrogens is 340 g/mol. The van der Waals surface area contributed by atoms with Gasteiger partial charge < -0.3 is 18.8 Å². The number of rotatable bonds is 7. The third kappa shape index (κ3) is 5.18. The monoisotopic (exact) mass is 364 g/mol. The minimum absolute atomic E-state index is 0.161. The predicted molar refractivity (Wildman–Crippen MR) is 102 cm³/mol. The van der Waals surface area contributed by atoms with E-state index in [1.165, 1.54) is 0 Å². The van der Waals surface area contributed by atoms with Gasteiger partial charge in [0, 0.05) is 18.9 Å². The summed E-state index contributed by atoms with van der Waals surface area (Å²) in [5.41, 5.74) is 1.07. The van der Waals surface area contributed by atoms with Crippen molar-refractivity contribution in [2.24, 2.45) is 0 Å². The van der Waals surface area contributed by atoms with Crippen molar-refractivity contribution in [2.45, 2.75) is 44.8 Å². The molecule has 1 aliphatic heterocycles. The largest absolute Gasteiger partial charge is 0.457 e. The Morgan fingerprint density at radius 3 is 2.78 bits per heavy atom. The number of aromatic nitrogens is 2. The first kappa shape index (κ1) is 17.8. The van der Waals surface area contributed by atoms with E-state index in [1.807, 2.05) is 67.1 Å². The van der Waals surface area contributed by atoms with Gasteiger partial charge in [-0.05, 0) is 49.1 Å². The molecule has 0 radical (unpaired) electrons. The maximum atomic E-state index is 6.11. The quantitative estimate of drug-likeness (QED) is 0.605. The third-order valence-corrected chi connectivity index (χ3v) is 4.60. The van der Waals surface area contributed by atoms with Crippen molar-refractivity contribution < 1.29 is 14.2 Å². The van der Waals surface area contributed by atoms with Gasteiger partial charge in [-0.15, -0.1) is 0 Å². The van der Waals surface area contributed by atoms with Crippen LogP contribution in [0, 0.1) is 0 Å². The molecule has 2 unspecified atom stereocenters. The molecule has 27 heavy (non-hydrogen) atoms. The van der Waals surface area contributed by atoms with Crippen LogP contribution in [0.2, 0.25) is 0 Å². The number of imidazole rings is 1. The Morgan fingerprint density at radius 2 is 1.93 bits per heavy atom. The minimum Gasteiger partial charge on any atom is -0.457 e. The minimum atomic E-state index is -0.161. The molecule has 2 atom stereocenters. The van der Waals surface area contributed by atoms with Crippen molar-refractivity contribution in [3.8, 4) is 11.5 Å². The molecule has 0 amide bonds. The van der Waals surface area contributed by atoms with Crippen LogP contribution in [0.5, 0.6) is 11.5 Å². The van der Waals surface area contributed by atoms with E-state index in [0.29, 0.717) is 6.61 Å². The fourth-order valence-electron chi connectivity index (χ4n) is 3.26. The first-order valence-electron chi connectivity index (χ1n) is 9.40. The van der Waals surface area contributed by atoms with Crippen LogP contribution in [0.15, 0.2) is 73.3 Å². The fourth-order valence-corrected chi connectivity index (χ4v) is 3.26. The predicted octanol–water partition coefficient (Wildman–Crippen LogP) is 4.79. The van der Waals surface area contributed by atoms with Crippen LogP contribution >= 0.6 is 0 Å². The Labute approximate surface area is 159 Å². The van der Waals surface area contributed by atoms with Gasteiger partial charge in [-0.2, -0.15) is 0 Å². The van der Waals surface area contributed by atoms with E-state index < -0.39 is 0 Å². The first-order chi connectivity index (χ1) is 13.3. The summed E-state index contributed by atoms with van der Waals surface area (Å²) in [6.45, 7) is 1.33. The van der Waals surface area contributed by atoms with Crippen molar-refractivity contribution >= 4 is 0 Å². The van der Waals surface area contributed by atoms with Crippen LogP contribution in [-0.2, 0) is 22.6 Å². The molecule has 0 bridgehead atoms. The van der Waals surface area contributed by atoms with E-state index in [-0.39, 0.29) is 12.4 Å². The molecular formula is C22H24N2O3. The molecule has 2 aromatic carbocycles. The number of hydrogen-bond acceptors (Lipinski definition) is 4. The van der Waals surface area contributed by atoms with Crippen molar-refractivity contribution in [1.82, 2.24) is 9.55 Å². The molecule has 1 aliphatic rings. The number of ether oxygens (including phenoxy) is 3. The molecule has 1 fully saturated rings. The zero-order chi connectivity index (χ0) is 18.3. The number of hydrogen-bond donors (Lipinski definition) is 0. The lowest BCUT2D eigenvalue weighted by molar-refractivity contribution is -0.201. The molecule has 0 N–H and O–H groups in total. The second kappa shape index (κ2) is 8.84. The molecule has 5 heteroatoms. The SMILES string of the molecule is c1ccc(Oc2cccc(COC3CCCC(Cn4ccnc4)O3)c2)cc1. The zero-order valence-corrected chi connectivity index (χ0v) is 15.2. The lowest BCUT2D eigenvalue weighted by Crippen LogP contribution is -2.32. The van der Waals surface area contributed by atoms with E-state index in [9.17, 15) is 0 Å². The Balaban J connectivity index is 1.30. The molecule has 0 spiro atoms. The lowest BCUT2D eigenvalue weighted by Gasteiger charge is -2.30. The second-order valence-electron chi connectivity index (χ2n) is 6.75. The van der Waals surface area contributed by atoms with Crippen LogP contribution in [0.1, 0.15) is 24.8 Å². The molecule has 5 nitrogen and oxygen atoms in total. The van der Waals surface area contributed by atoms with Gasteiger partial charge >= 0.3 is 0 Å². The molecule has 3 aromatic rings. The van der Waals surface area contributed by atoms with Crippen molar-refractivity contribution in [2.75, 3.05) is 0 Å². The summed E-state index contributed by atoms with van der Waals surface area (Å²) >= 11 is 0. The molecule has 0 saturated carbocycles. The van der Waals surface area contributed by atoms with E-state index in [4.69, 9.17) is 14.2 Å². The lowest BCUT2D eigenvalue weighted by atomic mass is 10.1. The van der Waals surface area contributed by atoms with Crippen molar-refractivity contribution in [3.63, 3.8) is 0 Å². The summed E-state index contributed by atoms with van der Waals surface area (Å²) < 4.78 is 20.1. The molecule has 140 valence electrons. The van der Waals surface area contributed by atoms with E-state index >= 15 is 0 Å². The van der Waals surface area contributed by atoms with Gasteiger partial charge in [0.2, 0.25) is 0 Å². The highest BCUT2D eigenvalue weighted by Crippen LogP contribution is 2.24. The normalized spacial score (nSPS) is 19.7. The highest BCUT2D eigenvalue weighted by atomic mass is 16.7. The maximum Gasteiger partial charge on any atom is 0.158 e. The highest BCUT2D eigenvalue weighted by Gasteiger charge is 2.23. The smallest absolute Gasteiger partial charge is 0.158 e. The summed E-state index contributed by atoms with van der Waals surface area (Å²) in [5, 5.41) is 0. The molecule has 1 saturated heterocycles. The Kier molecular flexibility index (Phi) is 5.82. The summed E-state index contributed by atoms with van der Waals surface area (Å²) in [4.78, 5) is 4.09. The fraction of sp³-hybridized carbons (Fsp3) is 0.318. The molecule has 1 aromatic heterocycles. The van der Waals surface area contributed by atoms with E-state index in [0.717, 1.165) is 42.9 Å². The Morgan fingerprint density at radius 1 is 1.04 bits per heavy atom. The van der Waals surface area contributed by atoms with Crippen LogP contribution in [-0.4, -0.2) is 21.9 Å². The van der Waals surface area contributed by atoms with Gasteiger partial charge in [0.1, 0.15) is 11.5 Å². The average molecular weight is 364 g/mol. The van der Waals surface area contributed by atoms with Gasteiger partial charge in [-0.25, -0.2) is 4.98 Å². The summed E-state index contributed by atoms with van der Waals surface area (Å²) in [5.74, 6) is 1.64. The number of para-hydroxylation sites is 1. The van der Waals surface area contributed by atoms with E-state index in [2.05, 4.69) is 9.55 Å². The van der Waals surface area contributed by atoms with Gasteiger partial charge in [0.25, 0.3) is 0 Å².